The van der Waals surface area contributed by atoms with Crippen LogP contribution in [-0.2, 0) is 4.79 Å². The zero-order valence-corrected chi connectivity index (χ0v) is 19.6. The quantitative estimate of drug-likeness (QED) is 0.362. The number of carboxylic acid groups (broad SMARTS) is 1. The maximum Gasteiger partial charge on any atom is 0.305 e. The molecule has 178 valence electrons. The van der Waals surface area contributed by atoms with Crippen molar-refractivity contribution >= 4 is 23.5 Å². The molecule has 1 unspecified atom stereocenters. The lowest BCUT2D eigenvalue weighted by molar-refractivity contribution is -0.137. The molecule has 0 aliphatic rings. The van der Waals surface area contributed by atoms with Crippen molar-refractivity contribution in [2.24, 2.45) is 0 Å². The highest BCUT2D eigenvalue weighted by Crippen LogP contribution is 2.31. The Morgan fingerprint density at radius 3 is 2.54 bits per heavy atom. The molecule has 0 bridgehead atoms. The van der Waals surface area contributed by atoms with Crippen molar-refractivity contribution in [3.05, 3.63) is 82.8 Å². The third-order valence-corrected chi connectivity index (χ3v) is 5.53. The molecule has 9 nitrogen and oxygen atoms in total. The average molecular weight is 493 g/mol. The first-order chi connectivity index (χ1) is 16.9. The van der Waals surface area contributed by atoms with Gasteiger partial charge in [0.1, 0.15) is 17.1 Å². The van der Waals surface area contributed by atoms with Crippen LogP contribution in [0.25, 0.3) is 22.7 Å². The van der Waals surface area contributed by atoms with Crippen LogP contribution in [0.3, 0.4) is 0 Å². The molecule has 0 radical (unpaired) electrons. The van der Waals surface area contributed by atoms with Gasteiger partial charge in [-0.3, -0.25) is 9.59 Å². The Hall–Kier alpha value is -4.24. The van der Waals surface area contributed by atoms with E-state index in [4.69, 9.17) is 20.8 Å². The van der Waals surface area contributed by atoms with Gasteiger partial charge in [-0.25, -0.2) is 4.98 Å². The van der Waals surface area contributed by atoms with Gasteiger partial charge in [0.05, 0.1) is 19.6 Å². The second kappa shape index (κ2) is 10.4. The van der Waals surface area contributed by atoms with Crippen LogP contribution in [0.5, 0.6) is 5.75 Å². The minimum atomic E-state index is -1.08. The van der Waals surface area contributed by atoms with Crippen LogP contribution in [0.1, 0.15) is 34.4 Å². The molecule has 2 aromatic heterocycles. The van der Waals surface area contributed by atoms with Crippen molar-refractivity contribution in [3.8, 4) is 28.5 Å². The van der Waals surface area contributed by atoms with E-state index in [1.165, 1.54) is 13.2 Å². The van der Waals surface area contributed by atoms with Crippen LogP contribution in [0, 0.1) is 6.92 Å². The van der Waals surface area contributed by atoms with Gasteiger partial charge in [-0.05, 0) is 35.9 Å². The molecule has 2 heterocycles. The standard InChI is InChI=1S/C25H21ClN4O5/c1-14-29-30-25(35-14)16-7-5-6-15(12-16)23-21(34-2)11-10-19(27-23)24(33)28-20(13-22(31)32)17-8-3-4-9-18(17)26/h3-12,20H,13H2,1-2H3,(H,28,33)(H,31,32). The highest BCUT2D eigenvalue weighted by atomic mass is 35.5. The molecule has 1 atom stereocenters. The first kappa shape index (κ1) is 23.9. The summed E-state index contributed by atoms with van der Waals surface area (Å²) in [5.74, 6) is -0.383. The third-order valence-electron chi connectivity index (χ3n) is 5.18. The minimum Gasteiger partial charge on any atom is -0.494 e. The molecule has 0 spiro atoms. The van der Waals surface area contributed by atoms with Gasteiger partial charge in [0.25, 0.3) is 5.91 Å². The second-order valence-electron chi connectivity index (χ2n) is 7.60. The van der Waals surface area contributed by atoms with Crippen LogP contribution in [0.4, 0.5) is 0 Å². The Bertz CT molecular complexity index is 1390. The Labute approximate surface area is 205 Å². The van der Waals surface area contributed by atoms with Gasteiger partial charge in [-0.1, -0.05) is 41.9 Å². The van der Waals surface area contributed by atoms with E-state index in [9.17, 15) is 14.7 Å². The van der Waals surface area contributed by atoms with Gasteiger partial charge in [-0.15, -0.1) is 10.2 Å². The largest absolute Gasteiger partial charge is 0.494 e. The molecule has 0 fully saturated rings. The van der Waals surface area contributed by atoms with E-state index in [1.807, 2.05) is 12.1 Å². The van der Waals surface area contributed by atoms with Crippen LogP contribution in [-0.4, -0.2) is 39.3 Å². The Morgan fingerprint density at radius 2 is 1.86 bits per heavy atom. The number of nitrogens with one attached hydrogen (secondary N) is 1. The number of carbonyl (C=O) groups is 2. The molecule has 0 saturated carbocycles. The normalized spacial score (nSPS) is 11.6. The van der Waals surface area contributed by atoms with E-state index >= 15 is 0 Å². The number of rotatable bonds is 8. The van der Waals surface area contributed by atoms with Crippen LogP contribution >= 0.6 is 11.6 Å². The van der Waals surface area contributed by atoms with Crippen LogP contribution in [0.15, 0.2) is 65.1 Å². The summed E-state index contributed by atoms with van der Waals surface area (Å²) in [7, 11) is 1.51. The van der Waals surface area contributed by atoms with E-state index in [-0.39, 0.29) is 12.1 Å². The number of aromatic nitrogens is 3. The lowest BCUT2D eigenvalue weighted by atomic mass is 10.0. The molecular weight excluding hydrogens is 472 g/mol. The van der Waals surface area contributed by atoms with E-state index in [1.54, 1.807) is 49.4 Å². The summed E-state index contributed by atoms with van der Waals surface area (Å²) in [5, 5.41) is 20.3. The van der Waals surface area contributed by atoms with Gasteiger partial charge >= 0.3 is 5.97 Å². The summed E-state index contributed by atoms with van der Waals surface area (Å²) in [5.41, 5.74) is 2.36. The molecule has 1 amide bonds. The van der Waals surface area contributed by atoms with Crippen molar-refractivity contribution in [1.82, 2.24) is 20.5 Å². The number of methoxy groups -OCH3 is 1. The lowest BCUT2D eigenvalue weighted by Gasteiger charge is -2.19. The van der Waals surface area contributed by atoms with Crippen molar-refractivity contribution in [3.63, 3.8) is 0 Å². The van der Waals surface area contributed by atoms with Gasteiger partial charge in [0, 0.05) is 23.1 Å². The SMILES string of the molecule is COc1ccc(C(=O)NC(CC(=O)O)c2ccccc2Cl)nc1-c1cccc(-c2nnc(C)o2)c1. The molecule has 0 saturated heterocycles. The summed E-state index contributed by atoms with van der Waals surface area (Å²) in [6, 6.07) is 16.3. The number of aryl methyl sites for hydroxylation is 1. The number of hydrogen-bond acceptors (Lipinski definition) is 7. The fourth-order valence-electron chi connectivity index (χ4n) is 3.56. The number of hydrogen-bond donors (Lipinski definition) is 2. The fraction of sp³-hybridized carbons (Fsp3) is 0.160. The summed E-state index contributed by atoms with van der Waals surface area (Å²) < 4.78 is 11.0. The lowest BCUT2D eigenvalue weighted by Crippen LogP contribution is -2.31. The average Bonchev–Trinajstić information content (AvgIpc) is 3.29. The predicted molar refractivity (Wildman–Crippen MR) is 128 cm³/mol. The third kappa shape index (κ3) is 5.47. The van der Waals surface area contributed by atoms with E-state index in [0.29, 0.717) is 44.9 Å². The molecule has 2 aromatic carbocycles. The van der Waals surface area contributed by atoms with Crippen molar-refractivity contribution in [1.29, 1.82) is 0 Å². The number of halogens is 1. The molecule has 0 aliphatic carbocycles. The molecular formula is C25H21ClN4O5. The monoisotopic (exact) mass is 492 g/mol. The number of carboxylic acids is 1. The number of nitrogens with zero attached hydrogens (tertiary/aromatic N) is 3. The minimum absolute atomic E-state index is 0.0854. The van der Waals surface area contributed by atoms with Crippen molar-refractivity contribution < 1.29 is 23.8 Å². The number of pyridine rings is 1. The number of amides is 1. The molecule has 35 heavy (non-hydrogen) atoms. The Balaban J connectivity index is 1.67. The fourth-order valence-corrected chi connectivity index (χ4v) is 3.83. The highest BCUT2D eigenvalue weighted by molar-refractivity contribution is 6.31. The second-order valence-corrected chi connectivity index (χ2v) is 8.01. The maximum absolute atomic E-state index is 13.1. The number of carbonyl (C=O) groups excluding carboxylic acids is 1. The summed E-state index contributed by atoms with van der Waals surface area (Å²) in [4.78, 5) is 29.1. The smallest absolute Gasteiger partial charge is 0.305 e. The zero-order valence-electron chi connectivity index (χ0n) is 18.9. The highest BCUT2D eigenvalue weighted by Gasteiger charge is 2.23. The Kier molecular flexibility index (Phi) is 7.07. The number of benzene rings is 2. The summed E-state index contributed by atoms with van der Waals surface area (Å²) in [6.45, 7) is 1.70. The summed E-state index contributed by atoms with van der Waals surface area (Å²) in [6.07, 6.45) is -0.343. The van der Waals surface area contributed by atoms with Gasteiger partial charge in [0.2, 0.25) is 11.8 Å². The topological polar surface area (TPSA) is 127 Å². The van der Waals surface area contributed by atoms with Gasteiger partial charge in [-0.2, -0.15) is 0 Å². The molecule has 10 heteroatoms. The Morgan fingerprint density at radius 1 is 1.09 bits per heavy atom. The first-order valence-electron chi connectivity index (χ1n) is 10.6. The van der Waals surface area contributed by atoms with Crippen LogP contribution in [0.2, 0.25) is 5.02 Å². The predicted octanol–water partition coefficient (Wildman–Crippen LogP) is 4.71. The van der Waals surface area contributed by atoms with E-state index in [0.717, 1.165) is 0 Å². The van der Waals surface area contributed by atoms with Gasteiger partial charge in [0.15, 0.2) is 0 Å². The van der Waals surface area contributed by atoms with E-state index in [2.05, 4.69) is 20.5 Å². The summed E-state index contributed by atoms with van der Waals surface area (Å²) >= 11 is 6.25. The van der Waals surface area contributed by atoms with Crippen molar-refractivity contribution in [2.75, 3.05) is 7.11 Å². The molecule has 2 N–H and O–H groups in total. The van der Waals surface area contributed by atoms with Crippen LogP contribution < -0.4 is 10.1 Å². The molecule has 4 aromatic rings. The number of aliphatic carboxylic acids is 1. The maximum atomic E-state index is 13.1. The molecule has 4 rings (SSSR count). The van der Waals surface area contributed by atoms with Crippen molar-refractivity contribution in [2.45, 2.75) is 19.4 Å². The van der Waals surface area contributed by atoms with E-state index < -0.39 is 17.9 Å². The molecule has 0 aliphatic heterocycles. The first-order valence-corrected chi connectivity index (χ1v) is 11.0. The number of ether oxygens (including phenoxy) is 1. The zero-order chi connectivity index (χ0) is 24.9. The van der Waals surface area contributed by atoms with Gasteiger partial charge < -0.3 is 19.6 Å².